The van der Waals surface area contributed by atoms with E-state index in [0.29, 0.717) is 6.10 Å². The Morgan fingerprint density at radius 3 is 2.88 bits per heavy atom. The smallest absolute Gasteiger partial charge is 0.193 e. The summed E-state index contributed by atoms with van der Waals surface area (Å²) in [5, 5.41) is 3.38. The summed E-state index contributed by atoms with van der Waals surface area (Å²) < 4.78 is 12.3. The molecule has 1 aliphatic heterocycles. The highest BCUT2D eigenvalue weighted by Gasteiger charge is 2.15. The molecular formula is C18H28BrN3O2. The van der Waals surface area contributed by atoms with E-state index in [2.05, 4.69) is 55.4 Å². The zero-order chi connectivity index (χ0) is 17.2. The summed E-state index contributed by atoms with van der Waals surface area (Å²) >= 11 is 3.46. The van der Waals surface area contributed by atoms with E-state index < -0.39 is 0 Å². The zero-order valence-corrected chi connectivity index (χ0v) is 16.2. The van der Waals surface area contributed by atoms with Crippen molar-refractivity contribution < 1.29 is 9.47 Å². The second-order valence-corrected chi connectivity index (χ2v) is 6.94. The van der Waals surface area contributed by atoms with E-state index in [4.69, 9.17) is 9.47 Å². The fourth-order valence-electron chi connectivity index (χ4n) is 2.69. The van der Waals surface area contributed by atoms with Gasteiger partial charge in [-0.3, -0.25) is 4.99 Å². The third-order valence-electron chi connectivity index (χ3n) is 3.98. The van der Waals surface area contributed by atoms with Crippen molar-refractivity contribution in [2.75, 3.05) is 40.5 Å². The number of benzene rings is 1. The second-order valence-electron chi connectivity index (χ2n) is 6.02. The first-order valence-electron chi connectivity index (χ1n) is 8.54. The molecule has 24 heavy (non-hydrogen) atoms. The Morgan fingerprint density at radius 1 is 1.42 bits per heavy atom. The van der Waals surface area contributed by atoms with Crippen molar-refractivity contribution >= 4 is 21.9 Å². The molecule has 0 saturated carbocycles. The third-order valence-corrected chi connectivity index (χ3v) is 4.51. The third kappa shape index (κ3) is 6.79. The van der Waals surface area contributed by atoms with Crippen LogP contribution < -0.4 is 5.32 Å². The van der Waals surface area contributed by atoms with Crippen LogP contribution in [-0.2, 0) is 16.0 Å². The number of guanidine groups is 1. The van der Waals surface area contributed by atoms with Crippen LogP contribution in [0, 0.1) is 0 Å². The number of halogens is 1. The SMILES string of the molecule is CN=C(NCCCOCC1CCCO1)N(C)Cc1ccc(Br)cc1. The molecule has 0 spiro atoms. The predicted molar refractivity (Wildman–Crippen MR) is 101 cm³/mol. The Balaban J connectivity index is 1.61. The number of rotatable bonds is 8. The largest absolute Gasteiger partial charge is 0.379 e. The summed E-state index contributed by atoms with van der Waals surface area (Å²) in [5.41, 5.74) is 1.25. The van der Waals surface area contributed by atoms with Gasteiger partial charge in [-0.1, -0.05) is 28.1 Å². The zero-order valence-electron chi connectivity index (χ0n) is 14.6. The van der Waals surface area contributed by atoms with Gasteiger partial charge in [0.25, 0.3) is 0 Å². The normalized spacial score (nSPS) is 18.0. The Kier molecular flexibility index (Phi) is 8.56. The summed E-state index contributed by atoms with van der Waals surface area (Å²) in [5.74, 6) is 0.900. The quantitative estimate of drug-likeness (QED) is 0.416. The summed E-state index contributed by atoms with van der Waals surface area (Å²) in [7, 11) is 3.86. The minimum Gasteiger partial charge on any atom is -0.379 e. The molecular weight excluding hydrogens is 370 g/mol. The molecule has 1 aromatic rings. The van der Waals surface area contributed by atoms with Crippen molar-refractivity contribution in [2.45, 2.75) is 31.9 Å². The average molecular weight is 398 g/mol. The molecule has 0 aromatic heterocycles. The number of hydrogen-bond acceptors (Lipinski definition) is 3. The van der Waals surface area contributed by atoms with E-state index in [0.717, 1.165) is 62.6 Å². The molecule has 1 heterocycles. The van der Waals surface area contributed by atoms with Gasteiger partial charge in [0.05, 0.1) is 12.7 Å². The van der Waals surface area contributed by atoms with Crippen LogP contribution in [0.1, 0.15) is 24.8 Å². The van der Waals surface area contributed by atoms with Crippen LogP contribution in [0.15, 0.2) is 33.7 Å². The molecule has 1 N–H and O–H groups in total. The number of nitrogens with one attached hydrogen (secondary N) is 1. The van der Waals surface area contributed by atoms with E-state index in [1.54, 1.807) is 0 Å². The van der Waals surface area contributed by atoms with Gasteiger partial charge < -0.3 is 19.7 Å². The monoisotopic (exact) mass is 397 g/mol. The fourth-order valence-corrected chi connectivity index (χ4v) is 2.95. The molecule has 1 aromatic carbocycles. The van der Waals surface area contributed by atoms with Crippen LogP contribution >= 0.6 is 15.9 Å². The first-order chi connectivity index (χ1) is 11.7. The molecule has 1 saturated heterocycles. The minimum absolute atomic E-state index is 0.308. The van der Waals surface area contributed by atoms with E-state index in [1.807, 2.05) is 14.1 Å². The highest BCUT2D eigenvalue weighted by molar-refractivity contribution is 9.10. The van der Waals surface area contributed by atoms with Crippen molar-refractivity contribution in [1.82, 2.24) is 10.2 Å². The van der Waals surface area contributed by atoms with Gasteiger partial charge in [-0.25, -0.2) is 0 Å². The van der Waals surface area contributed by atoms with E-state index in [1.165, 1.54) is 5.56 Å². The number of hydrogen-bond donors (Lipinski definition) is 1. The van der Waals surface area contributed by atoms with Crippen LogP contribution in [0.2, 0.25) is 0 Å². The lowest BCUT2D eigenvalue weighted by atomic mass is 10.2. The maximum Gasteiger partial charge on any atom is 0.193 e. The highest BCUT2D eigenvalue weighted by Crippen LogP contribution is 2.12. The summed E-state index contributed by atoms with van der Waals surface area (Å²) in [4.78, 5) is 6.47. The molecule has 0 aliphatic carbocycles. The summed E-state index contributed by atoms with van der Waals surface area (Å²) in [6.07, 6.45) is 3.56. The maximum absolute atomic E-state index is 5.68. The molecule has 2 rings (SSSR count). The Labute approximate surface area is 153 Å². The number of aliphatic imine (C=N–C) groups is 1. The standard InChI is InChI=1S/C18H28BrN3O2/c1-20-18(22(2)13-15-6-8-16(19)9-7-15)21-10-4-11-23-14-17-5-3-12-24-17/h6-9,17H,3-5,10-14H2,1-2H3,(H,20,21). The van der Waals surface area contributed by atoms with Gasteiger partial charge >= 0.3 is 0 Å². The van der Waals surface area contributed by atoms with Crippen LogP contribution in [-0.4, -0.2) is 57.4 Å². The van der Waals surface area contributed by atoms with E-state index >= 15 is 0 Å². The molecule has 1 fully saturated rings. The number of ether oxygens (including phenoxy) is 2. The fraction of sp³-hybridized carbons (Fsp3) is 0.611. The lowest BCUT2D eigenvalue weighted by Crippen LogP contribution is -2.39. The first kappa shape index (κ1) is 19.2. The van der Waals surface area contributed by atoms with Crippen molar-refractivity contribution in [3.63, 3.8) is 0 Å². The molecule has 0 bridgehead atoms. The molecule has 1 atom stereocenters. The van der Waals surface area contributed by atoms with E-state index in [9.17, 15) is 0 Å². The van der Waals surface area contributed by atoms with Crippen LogP contribution in [0.25, 0.3) is 0 Å². The van der Waals surface area contributed by atoms with Gasteiger partial charge in [0, 0.05) is 44.9 Å². The highest BCUT2D eigenvalue weighted by atomic mass is 79.9. The Bertz CT molecular complexity index is 501. The van der Waals surface area contributed by atoms with Crippen molar-refractivity contribution in [1.29, 1.82) is 0 Å². The van der Waals surface area contributed by atoms with Crippen LogP contribution in [0.4, 0.5) is 0 Å². The maximum atomic E-state index is 5.68. The predicted octanol–water partition coefficient (Wildman–Crippen LogP) is 3.04. The minimum atomic E-state index is 0.308. The van der Waals surface area contributed by atoms with Gasteiger partial charge in [0.15, 0.2) is 5.96 Å². The van der Waals surface area contributed by atoms with E-state index in [-0.39, 0.29) is 0 Å². The van der Waals surface area contributed by atoms with Crippen molar-refractivity contribution in [2.24, 2.45) is 4.99 Å². The number of nitrogens with zero attached hydrogens (tertiary/aromatic N) is 2. The topological polar surface area (TPSA) is 46.1 Å². The molecule has 134 valence electrons. The van der Waals surface area contributed by atoms with Gasteiger partial charge in [-0.2, -0.15) is 0 Å². The van der Waals surface area contributed by atoms with Crippen LogP contribution in [0.5, 0.6) is 0 Å². The molecule has 1 aliphatic rings. The van der Waals surface area contributed by atoms with Crippen molar-refractivity contribution in [3.05, 3.63) is 34.3 Å². The second kappa shape index (κ2) is 10.7. The lowest BCUT2D eigenvalue weighted by Gasteiger charge is -2.22. The molecule has 1 unspecified atom stereocenters. The molecule has 0 amide bonds. The first-order valence-corrected chi connectivity index (χ1v) is 9.34. The van der Waals surface area contributed by atoms with Crippen LogP contribution in [0.3, 0.4) is 0 Å². The van der Waals surface area contributed by atoms with Gasteiger partial charge in [0.2, 0.25) is 0 Å². The summed E-state index contributed by atoms with van der Waals surface area (Å²) in [6, 6.07) is 8.36. The summed E-state index contributed by atoms with van der Waals surface area (Å²) in [6.45, 7) is 4.03. The van der Waals surface area contributed by atoms with Gasteiger partial charge in [-0.15, -0.1) is 0 Å². The van der Waals surface area contributed by atoms with Crippen molar-refractivity contribution in [3.8, 4) is 0 Å². The van der Waals surface area contributed by atoms with Gasteiger partial charge in [0.1, 0.15) is 0 Å². The Hall–Kier alpha value is -1.11. The lowest BCUT2D eigenvalue weighted by molar-refractivity contribution is 0.0168. The average Bonchev–Trinajstić information content (AvgIpc) is 3.09. The molecule has 6 heteroatoms. The molecule has 5 nitrogen and oxygen atoms in total. The van der Waals surface area contributed by atoms with Gasteiger partial charge in [-0.05, 0) is 37.0 Å². The molecule has 0 radical (unpaired) electrons. The Morgan fingerprint density at radius 2 is 2.21 bits per heavy atom.